The van der Waals surface area contributed by atoms with E-state index in [1.807, 2.05) is 0 Å². The molecule has 0 aliphatic heterocycles. The van der Waals surface area contributed by atoms with Crippen LogP contribution in [0.15, 0.2) is 0 Å². The summed E-state index contributed by atoms with van der Waals surface area (Å²) in [6, 6.07) is -0.512. The van der Waals surface area contributed by atoms with Crippen LogP contribution in [0.25, 0.3) is 0 Å². The minimum absolute atomic E-state index is 0.226. The number of rotatable bonds is 3. The molecule has 0 aromatic heterocycles. The van der Waals surface area contributed by atoms with Gasteiger partial charge in [0.25, 0.3) is 0 Å². The van der Waals surface area contributed by atoms with Crippen molar-refractivity contribution in [2.24, 2.45) is 0 Å². The smallest absolute Gasteiger partial charge is 0.217 e. The van der Waals surface area contributed by atoms with Crippen molar-refractivity contribution in [2.75, 3.05) is 13.2 Å². The summed E-state index contributed by atoms with van der Waals surface area (Å²) < 4.78 is 0. The van der Waals surface area contributed by atoms with Gasteiger partial charge in [-0.15, -0.1) is 0 Å². The predicted octanol–water partition coefficient (Wildman–Crippen LogP) is -1.52. The van der Waals surface area contributed by atoms with Crippen LogP contribution in [-0.2, 0) is 4.79 Å². The normalized spacial score (nSPS) is 9.78. The Morgan fingerprint density at radius 2 is 2.00 bits per heavy atom. The first-order valence-electron chi connectivity index (χ1n) is 2.69. The molecule has 0 spiro atoms. The van der Waals surface area contributed by atoms with Gasteiger partial charge in [0.1, 0.15) is 0 Å². The number of hydrogen-bond acceptors (Lipinski definition) is 3. The molecule has 0 heterocycles. The fourth-order valence-corrected chi connectivity index (χ4v) is 0.436. The Kier molecular flexibility index (Phi) is 4.00. The molecule has 0 bridgehead atoms. The standard InChI is InChI=1S/C5H11NO3/c1-4(9)6-5(2-7)3-8/h5,7-8H,2-3H2,1H3,(H,6,9). The lowest BCUT2D eigenvalue weighted by atomic mass is 10.3. The monoisotopic (exact) mass is 133 g/mol. The van der Waals surface area contributed by atoms with E-state index in [0.717, 1.165) is 0 Å². The van der Waals surface area contributed by atoms with Crippen molar-refractivity contribution < 1.29 is 15.0 Å². The van der Waals surface area contributed by atoms with Crippen molar-refractivity contribution in [3.63, 3.8) is 0 Å². The molecule has 0 fully saturated rings. The molecule has 0 aliphatic carbocycles. The second-order valence-electron chi connectivity index (χ2n) is 1.76. The van der Waals surface area contributed by atoms with Crippen LogP contribution < -0.4 is 5.32 Å². The van der Waals surface area contributed by atoms with E-state index in [-0.39, 0.29) is 19.1 Å². The van der Waals surface area contributed by atoms with E-state index in [1.54, 1.807) is 0 Å². The first-order chi connectivity index (χ1) is 4.20. The van der Waals surface area contributed by atoms with Gasteiger partial charge < -0.3 is 15.5 Å². The van der Waals surface area contributed by atoms with Crippen LogP contribution in [0.5, 0.6) is 0 Å². The molecule has 0 aliphatic rings. The van der Waals surface area contributed by atoms with Gasteiger partial charge in [-0.3, -0.25) is 4.79 Å². The van der Waals surface area contributed by atoms with E-state index in [0.29, 0.717) is 0 Å². The molecule has 54 valence electrons. The Labute approximate surface area is 53.5 Å². The lowest BCUT2D eigenvalue weighted by Crippen LogP contribution is -2.38. The second-order valence-corrected chi connectivity index (χ2v) is 1.76. The summed E-state index contributed by atoms with van der Waals surface area (Å²) in [6.45, 7) is 0.879. The van der Waals surface area contributed by atoms with Crippen molar-refractivity contribution in [2.45, 2.75) is 13.0 Å². The molecule has 0 rings (SSSR count). The van der Waals surface area contributed by atoms with Crippen LogP contribution >= 0.6 is 0 Å². The topological polar surface area (TPSA) is 69.6 Å². The Balaban J connectivity index is 3.43. The quantitative estimate of drug-likeness (QED) is 0.437. The fraction of sp³-hybridized carbons (Fsp3) is 0.800. The van der Waals surface area contributed by atoms with Crippen LogP contribution in [0.2, 0.25) is 0 Å². The Bertz CT molecular complexity index is 90.2. The van der Waals surface area contributed by atoms with Gasteiger partial charge in [-0.05, 0) is 0 Å². The molecule has 4 heteroatoms. The molecule has 0 aromatic rings. The van der Waals surface area contributed by atoms with Crippen molar-refractivity contribution in [3.05, 3.63) is 0 Å². The molecular formula is C5H11NO3. The predicted molar refractivity (Wildman–Crippen MR) is 31.8 cm³/mol. The van der Waals surface area contributed by atoms with Crippen molar-refractivity contribution in [1.82, 2.24) is 5.32 Å². The van der Waals surface area contributed by atoms with Gasteiger partial charge >= 0.3 is 0 Å². The lowest BCUT2D eigenvalue weighted by molar-refractivity contribution is -0.120. The summed E-state index contributed by atoms with van der Waals surface area (Å²) in [6.07, 6.45) is 0. The van der Waals surface area contributed by atoms with Crippen LogP contribution in [0.4, 0.5) is 0 Å². The summed E-state index contributed by atoms with van der Waals surface area (Å²) in [5.74, 6) is -0.247. The van der Waals surface area contributed by atoms with Gasteiger partial charge in [-0.1, -0.05) is 0 Å². The first-order valence-corrected chi connectivity index (χ1v) is 2.69. The van der Waals surface area contributed by atoms with Crippen molar-refractivity contribution >= 4 is 5.91 Å². The number of amides is 1. The average molecular weight is 133 g/mol. The van der Waals surface area contributed by atoms with Crippen LogP contribution in [0.3, 0.4) is 0 Å². The van der Waals surface area contributed by atoms with Gasteiger partial charge in [0.05, 0.1) is 19.3 Å². The Hall–Kier alpha value is -0.610. The van der Waals surface area contributed by atoms with Crippen LogP contribution in [0.1, 0.15) is 6.92 Å². The maximum absolute atomic E-state index is 10.2. The number of nitrogens with one attached hydrogen (secondary N) is 1. The molecular weight excluding hydrogens is 122 g/mol. The third kappa shape index (κ3) is 3.93. The molecule has 4 nitrogen and oxygen atoms in total. The molecule has 0 unspecified atom stereocenters. The number of aliphatic hydroxyl groups excluding tert-OH is 2. The maximum Gasteiger partial charge on any atom is 0.217 e. The van der Waals surface area contributed by atoms with Crippen LogP contribution in [0, 0.1) is 0 Å². The summed E-state index contributed by atoms with van der Waals surface area (Å²) in [5, 5.41) is 19.1. The molecule has 9 heavy (non-hydrogen) atoms. The number of hydrogen-bond donors (Lipinski definition) is 3. The lowest BCUT2D eigenvalue weighted by Gasteiger charge is -2.10. The molecule has 0 saturated heterocycles. The third-order valence-electron chi connectivity index (χ3n) is 0.848. The Morgan fingerprint density at radius 3 is 2.11 bits per heavy atom. The van der Waals surface area contributed by atoms with E-state index in [4.69, 9.17) is 10.2 Å². The zero-order chi connectivity index (χ0) is 7.28. The molecule has 0 aromatic carbocycles. The molecule has 3 N–H and O–H groups in total. The molecule has 0 atom stereocenters. The van der Waals surface area contributed by atoms with E-state index in [1.165, 1.54) is 6.92 Å². The summed E-state index contributed by atoms with van der Waals surface area (Å²) in [4.78, 5) is 10.2. The van der Waals surface area contributed by atoms with Crippen molar-refractivity contribution in [3.8, 4) is 0 Å². The highest BCUT2D eigenvalue weighted by Crippen LogP contribution is 1.77. The van der Waals surface area contributed by atoms with Crippen molar-refractivity contribution in [1.29, 1.82) is 0 Å². The molecule has 0 saturated carbocycles. The van der Waals surface area contributed by atoms with E-state index < -0.39 is 6.04 Å². The van der Waals surface area contributed by atoms with Crippen LogP contribution in [-0.4, -0.2) is 35.4 Å². The summed E-state index contributed by atoms with van der Waals surface area (Å²) in [5.41, 5.74) is 0. The van der Waals surface area contributed by atoms with Gasteiger partial charge in [0, 0.05) is 6.92 Å². The molecule has 1 amide bonds. The second kappa shape index (κ2) is 4.29. The van der Waals surface area contributed by atoms with Gasteiger partial charge in [0.2, 0.25) is 5.91 Å². The highest BCUT2D eigenvalue weighted by molar-refractivity contribution is 5.73. The number of carbonyl (C=O) groups is 1. The minimum atomic E-state index is -0.512. The molecule has 0 radical (unpaired) electrons. The van der Waals surface area contributed by atoms with E-state index in [9.17, 15) is 4.79 Å². The van der Waals surface area contributed by atoms with Gasteiger partial charge in [-0.2, -0.15) is 0 Å². The summed E-state index contributed by atoms with van der Waals surface area (Å²) in [7, 11) is 0. The number of aliphatic hydroxyl groups is 2. The average Bonchev–Trinajstić information content (AvgIpc) is 1.82. The highest BCUT2D eigenvalue weighted by atomic mass is 16.3. The third-order valence-corrected chi connectivity index (χ3v) is 0.848. The minimum Gasteiger partial charge on any atom is -0.394 e. The fourth-order valence-electron chi connectivity index (χ4n) is 0.436. The SMILES string of the molecule is CC(=O)NC(CO)CO. The van der Waals surface area contributed by atoms with E-state index in [2.05, 4.69) is 5.32 Å². The number of carbonyl (C=O) groups excluding carboxylic acids is 1. The largest absolute Gasteiger partial charge is 0.394 e. The zero-order valence-corrected chi connectivity index (χ0v) is 5.29. The van der Waals surface area contributed by atoms with Gasteiger partial charge in [-0.25, -0.2) is 0 Å². The Morgan fingerprint density at radius 1 is 1.56 bits per heavy atom. The van der Waals surface area contributed by atoms with Gasteiger partial charge in [0.15, 0.2) is 0 Å². The van der Waals surface area contributed by atoms with E-state index >= 15 is 0 Å². The highest BCUT2D eigenvalue weighted by Gasteiger charge is 2.04. The maximum atomic E-state index is 10.2. The first kappa shape index (κ1) is 8.39. The zero-order valence-electron chi connectivity index (χ0n) is 5.29. The summed E-state index contributed by atoms with van der Waals surface area (Å²) >= 11 is 0.